The summed E-state index contributed by atoms with van der Waals surface area (Å²) in [5.74, 6) is -3.50. The molecule has 26 heteroatoms. The van der Waals surface area contributed by atoms with E-state index in [1.165, 1.54) is 93.1 Å². The van der Waals surface area contributed by atoms with E-state index < -0.39 is 129 Å². The van der Waals surface area contributed by atoms with Gasteiger partial charge in [0.2, 0.25) is 18.3 Å². The number of ether oxygens (including phenoxy) is 10. The standard InChI is InChI=1S/C53H56O26/c1-69-32-15-24(16-33(70-2)40(32)60)6-14-39(59)71-21-36-42(62)45(65)48(68)52(77-36)79-50-46(66)43(63)37(22-72-38(58)13-5-23-3-9-26(55)10-4-23)78-53(50)75-34-19-29-30(73-49(34)25-7-11-27(56)12-8-25)17-28(57)18-31(29)74-51-47(67)44(64)41(61)35(20-54)76-51/h3-19,35-37,41-48,50-56,60-68H,20-22H2,1-2H3/t35-,36-,37-,41-,42-,43-,44+,45+,46+,47-,48-,50-,51-,52+,53-/m1/s1. The molecule has 4 heterocycles. The molecular formula is C53H56O26. The van der Waals surface area contributed by atoms with Gasteiger partial charge in [-0.05, 0) is 77.9 Å². The third kappa shape index (κ3) is 13.2. The zero-order valence-corrected chi connectivity index (χ0v) is 41.7. The predicted octanol–water partition coefficient (Wildman–Crippen LogP) is -0.744. The van der Waals surface area contributed by atoms with Crippen LogP contribution in [0, 0.1) is 0 Å². The summed E-state index contributed by atoms with van der Waals surface area (Å²) in [4.78, 5) is 39.0. The van der Waals surface area contributed by atoms with Crippen molar-refractivity contribution in [2.24, 2.45) is 0 Å². The van der Waals surface area contributed by atoms with Crippen molar-refractivity contribution in [2.75, 3.05) is 34.0 Å². The summed E-state index contributed by atoms with van der Waals surface area (Å²) in [6.07, 6.45) is -23.8. The third-order valence-electron chi connectivity index (χ3n) is 12.9. The molecule has 3 saturated heterocycles. The van der Waals surface area contributed by atoms with Crippen LogP contribution in [0.5, 0.6) is 40.2 Å². The van der Waals surface area contributed by atoms with Gasteiger partial charge >= 0.3 is 11.9 Å². The quantitative estimate of drug-likeness (QED) is 0.0380. The number of carbonyl (C=O) groups excluding carboxylic acids is 2. The first-order valence-corrected chi connectivity index (χ1v) is 24.1. The summed E-state index contributed by atoms with van der Waals surface area (Å²) in [6.45, 7) is -2.35. The Morgan fingerprint density at radius 1 is 0.544 bits per heavy atom. The van der Waals surface area contributed by atoms with E-state index in [0.29, 0.717) is 11.1 Å². The van der Waals surface area contributed by atoms with E-state index in [1.807, 2.05) is 0 Å². The van der Waals surface area contributed by atoms with Crippen molar-refractivity contribution in [3.63, 3.8) is 0 Å². The van der Waals surface area contributed by atoms with Crippen LogP contribution in [0.4, 0.5) is 0 Å². The first-order valence-electron chi connectivity index (χ1n) is 24.1. The molecule has 26 nitrogen and oxygen atoms in total. The molecule has 0 bridgehead atoms. The van der Waals surface area contributed by atoms with E-state index >= 15 is 0 Å². The average Bonchev–Trinajstić information content (AvgIpc) is 3.61. The Balaban J connectivity index is 1.11. The molecule has 15 atom stereocenters. The zero-order valence-electron chi connectivity index (χ0n) is 41.7. The topological polar surface area (TPSA) is 399 Å². The lowest BCUT2D eigenvalue weighted by Crippen LogP contribution is -2.65. The largest absolute Gasteiger partial charge is 0.508 e. The van der Waals surface area contributed by atoms with E-state index in [-0.39, 0.29) is 62.9 Å². The van der Waals surface area contributed by atoms with E-state index in [0.717, 1.165) is 24.3 Å². The zero-order chi connectivity index (χ0) is 56.8. The van der Waals surface area contributed by atoms with Crippen LogP contribution in [0.3, 0.4) is 0 Å². The highest BCUT2D eigenvalue weighted by Gasteiger charge is 2.52. The fourth-order valence-corrected chi connectivity index (χ4v) is 8.53. The van der Waals surface area contributed by atoms with E-state index in [2.05, 4.69) is 0 Å². The van der Waals surface area contributed by atoms with E-state index in [4.69, 9.17) is 51.8 Å². The van der Waals surface area contributed by atoms with Gasteiger partial charge in [0.15, 0.2) is 40.8 Å². The Morgan fingerprint density at radius 3 is 1.63 bits per heavy atom. The van der Waals surface area contributed by atoms with E-state index in [1.54, 1.807) is 0 Å². The first kappa shape index (κ1) is 57.8. The summed E-state index contributed by atoms with van der Waals surface area (Å²) < 4.78 is 63.1. The first-order chi connectivity index (χ1) is 37.8. The molecule has 424 valence electrons. The SMILES string of the molecule is COc1cc(C=CC(=O)OC[C@H]2O[C@@H](O[C@H]3[C@H](Oc4cc5c(O[C@@H]6O[C@H](CO)[C@@H](O)[C@H](O)[C@H]6O)cc(=O)cc-5oc4-c4ccc(O)cc4)O[C@H](COC(=O)C=Cc4ccc(O)cc4)[C@@H](O)[C@@H]3O)[C@H](O)[C@@H](O)[C@@H]2O)cc(OC)c1O. The molecule has 3 fully saturated rings. The number of rotatable bonds is 18. The van der Waals surface area contributed by atoms with Crippen molar-refractivity contribution >= 4 is 24.1 Å². The van der Waals surface area contributed by atoms with Crippen molar-refractivity contribution in [1.82, 2.24) is 0 Å². The van der Waals surface area contributed by atoms with Gasteiger partial charge in [0.25, 0.3) is 0 Å². The molecule has 8 rings (SSSR count). The summed E-state index contributed by atoms with van der Waals surface area (Å²) in [7, 11) is 2.61. The second-order valence-corrected chi connectivity index (χ2v) is 18.2. The molecule has 0 unspecified atom stereocenters. The highest BCUT2D eigenvalue weighted by molar-refractivity contribution is 5.88. The number of esters is 2. The van der Waals surface area contributed by atoms with Crippen LogP contribution in [0.2, 0.25) is 0 Å². The summed E-state index contributed by atoms with van der Waals surface area (Å²) >= 11 is 0. The predicted molar refractivity (Wildman–Crippen MR) is 265 cm³/mol. The van der Waals surface area contributed by atoms with Crippen LogP contribution >= 0.6 is 0 Å². The molecule has 5 aliphatic rings. The maximum absolute atomic E-state index is 13.1. The minimum atomic E-state index is -2.13. The molecule has 79 heavy (non-hydrogen) atoms. The number of aliphatic hydroxyl groups excluding tert-OH is 9. The van der Waals surface area contributed by atoms with Crippen LogP contribution in [0.15, 0.2) is 100 Å². The molecule has 1 aliphatic carbocycles. The van der Waals surface area contributed by atoms with Crippen molar-refractivity contribution < 1.29 is 123 Å². The maximum Gasteiger partial charge on any atom is 0.330 e. The Hall–Kier alpha value is -7.41. The number of fused-ring (bicyclic) bond motifs is 1. The monoisotopic (exact) mass is 1110 g/mol. The smallest absolute Gasteiger partial charge is 0.330 e. The van der Waals surface area contributed by atoms with Crippen molar-refractivity contribution in [1.29, 1.82) is 0 Å². The normalized spacial score (nSPS) is 29.1. The fourth-order valence-electron chi connectivity index (χ4n) is 8.53. The van der Waals surface area contributed by atoms with Crippen LogP contribution < -0.4 is 24.4 Å². The second-order valence-electron chi connectivity index (χ2n) is 18.2. The number of carbonyl (C=O) groups is 2. The van der Waals surface area contributed by atoms with Crippen LogP contribution in [0.25, 0.3) is 34.8 Å². The molecule has 0 saturated carbocycles. The summed E-state index contributed by atoms with van der Waals surface area (Å²) in [5.41, 5.74) is 0.190. The van der Waals surface area contributed by atoms with Gasteiger partial charge in [-0.2, -0.15) is 0 Å². The molecule has 3 aromatic rings. The lowest BCUT2D eigenvalue weighted by molar-refractivity contribution is -0.358. The molecule has 3 aromatic carbocycles. The van der Waals surface area contributed by atoms with Gasteiger partial charge < -0.3 is 113 Å². The van der Waals surface area contributed by atoms with Crippen molar-refractivity contribution in [2.45, 2.75) is 92.1 Å². The number of aromatic hydroxyl groups is 3. The van der Waals surface area contributed by atoms with Gasteiger partial charge in [-0.3, -0.25) is 4.79 Å². The van der Waals surface area contributed by atoms with Gasteiger partial charge in [-0.15, -0.1) is 0 Å². The van der Waals surface area contributed by atoms with Crippen LogP contribution in [-0.2, 0) is 38.0 Å². The molecule has 0 amide bonds. The van der Waals surface area contributed by atoms with Gasteiger partial charge in [0.1, 0.15) is 103 Å². The molecule has 0 spiro atoms. The number of phenolic OH excluding ortho intramolecular Hbond substituents is 3. The summed E-state index contributed by atoms with van der Waals surface area (Å²) in [6, 6.07) is 17.1. The minimum absolute atomic E-state index is 0.0216. The number of hydrogen-bond donors (Lipinski definition) is 12. The van der Waals surface area contributed by atoms with E-state index in [9.17, 15) is 75.7 Å². The van der Waals surface area contributed by atoms with Crippen molar-refractivity contribution in [3.05, 3.63) is 112 Å². The molecule has 4 aliphatic heterocycles. The molecular weight excluding hydrogens is 1050 g/mol. The lowest BCUT2D eigenvalue weighted by atomic mass is 9.97. The lowest BCUT2D eigenvalue weighted by Gasteiger charge is -2.46. The summed E-state index contributed by atoms with van der Waals surface area (Å²) in [5, 5.41) is 128. The number of methoxy groups -OCH3 is 2. The average molecular weight is 1110 g/mol. The number of benzene rings is 4. The number of phenols is 3. The Labute approximate surface area is 447 Å². The van der Waals surface area contributed by atoms with Gasteiger partial charge in [-0.1, -0.05) is 12.1 Å². The van der Waals surface area contributed by atoms with Gasteiger partial charge in [0, 0.05) is 29.8 Å². The Bertz CT molecular complexity index is 2950. The highest BCUT2D eigenvalue weighted by atomic mass is 16.8. The number of hydrogen-bond acceptors (Lipinski definition) is 26. The fraction of sp³-hybridized carbons (Fsp3) is 0.377. The molecule has 12 N–H and O–H groups in total. The van der Waals surface area contributed by atoms with Crippen LogP contribution in [-0.4, -0.2) is 199 Å². The highest BCUT2D eigenvalue weighted by Crippen LogP contribution is 2.44. The van der Waals surface area contributed by atoms with Crippen molar-refractivity contribution in [3.8, 4) is 62.9 Å². The van der Waals surface area contributed by atoms with Crippen LogP contribution in [0.1, 0.15) is 11.1 Å². The minimum Gasteiger partial charge on any atom is -0.508 e. The van der Waals surface area contributed by atoms with Gasteiger partial charge in [0.05, 0.1) is 26.4 Å². The molecule has 0 radical (unpaired) electrons. The number of aliphatic hydroxyl groups is 9. The Morgan fingerprint density at radius 2 is 1.05 bits per heavy atom. The molecule has 0 aromatic heterocycles. The second kappa shape index (κ2) is 25.1. The third-order valence-corrected chi connectivity index (χ3v) is 12.9. The van der Waals surface area contributed by atoms with Gasteiger partial charge in [-0.25, -0.2) is 9.59 Å². The maximum atomic E-state index is 13.1. The Kier molecular flexibility index (Phi) is 18.4.